The first-order valence-corrected chi connectivity index (χ1v) is 8.38. The number of nitrogens with zero attached hydrogens (tertiary/aromatic N) is 2. The summed E-state index contributed by atoms with van der Waals surface area (Å²) in [6, 6.07) is 0. The molecule has 1 heterocycles. The summed E-state index contributed by atoms with van der Waals surface area (Å²) in [5.74, 6) is 5.30. The van der Waals surface area contributed by atoms with Gasteiger partial charge in [0.2, 0.25) is 0 Å². The predicted molar refractivity (Wildman–Crippen MR) is 82.3 cm³/mol. The van der Waals surface area contributed by atoms with Gasteiger partial charge in [-0.1, -0.05) is 13.8 Å². The van der Waals surface area contributed by atoms with Gasteiger partial charge in [0.05, 0.1) is 15.9 Å². The number of hydrogen-bond acceptors (Lipinski definition) is 4. The molecule has 0 bridgehead atoms. The summed E-state index contributed by atoms with van der Waals surface area (Å²) < 4.78 is 1.05. The van der Waals surface area contributed by atoms with Gasteiger partial charge in [0.15, 0.2) is 0 Å². The zero-order valence-electron chi connectivity index (χ0n) is 11.2. The molecule has 1 aromatic heterocycles. The first-order valence-electron chi connectivity index (χ1n) is 6.43. The molecular weight excluding hydrogens is 310 g/mol. The number of nitrogens with one attached hydrogen (secondary N) is 1. The second-order valence-electron chi connectivity index (χ2n) is 5.12. The van der Waals surface area contributed by atoms with Crippen LogP contribution >= 0.6 is 27.7 Å². The van der Waals surface area contributed by atoms with E-state index in [-0.39, 0.29) is 0 Å². The molecule has 1 aliphatic carbocycles. The quantitative estimate of drug-likeness (QED) is 0.854. The van der Waals surface area contributed by atoms with Gasteiger partial charge in [-0.2, -0.15) is 11.8 Å². The zero-order chi connectivity index (χ0) is 13.1. The molecule has 1 N–H and O–H groups in total. The summed E-state index contributed by atoms with van der Waals surface area (Å²) in [7, 11) is 1.91. The van der Waals surface area contributed by atoms with Gasteiger partial charge in [0.25, 0.3) is 0 Å². The van der Waals surface area contributed by atoms with Crippen molar-refractivity contribution in [2.24, 2.45) is 5.92 Å². The lowest BCUT2D eigenvalue weighted by molar-refractivity contribution is 0.749. The van der Waals surface area contributed by atoms with Crippen molar-refractivity contribution >= 4 is 33.5 Å². The summed E-state index contributed by atoms with van der Waals surface area (Å²) in [4.78, 5) is 9.29. The summed E-state index contributed by atoms with van der Waals surface area (Å²) >= 11 is 5.53. The summed E-state index contributed by atoms with van der Waals surface area (Å²) in [5, 5.41) is 3.15. The first-order chi connectivity index (χ1) is 8.61. The fourth-order valence-corrected chi connectivity index (χ4v) is 3.36. The Kier molecular flexibility index (Phi) is 4.90. The highest BCUT2D eigenvalue weighted by atomic mass is 79.9. The Labute approximate surface area is 122 Å². The normalized spacial score (nSPS) is 15.2. The van der Waals surface area contributed by atoms with Gasteiger partial charge in [-0.05, 0) is 40.4 Å². The van der Waals surface area contributed by atoms with Crippen LogP contribution in [-0.4, -0.2) is 22.8 Å². The summed E-state index contributed by atoms with van der Waals surface area (Å²) in [6.07, 6.45) is 2.52. The topological polar surface area (TPSA) is 37.8 Å². The second kappa shape index (κ2) is 6.24. The molecule has 0 spiro atoms. The first kappa shape index (κ1) is 14.1. The van der Waals surface area contributed by atoms with Crippen LogP contribution in [0.15, 0.2) is 4.47 Å². The predicted octanol–water partition coefficient (Wildman–Crippen LogP) is 4.05. The molecule has 1 saturated carbocycles. The van der Waals surface area contributed by atoms with Crippen molar-refractivity contribution < 1.29 is 0 Å². The van der Waals surface area contributed by atoms with Gasteiger partial charge in [0.1, 0.15) is 11.6 Å². The summed E-state index contributed by atoms with van der Waals surface area (Å²) in [6.45, 7) is 4.48. The fraction of sp³-hybridized carbons (Fsp3) is 0.692. The molecule has 0 radical (unpaired) electrons. The number of halogens is 1. The molecule has 1 aromatic rings. The molecule has 5 heteroatoms. The Balaban J connectivity index is 2.12. The van der Waals surface area contributed by atoms with E-state index in [4.69, 9.17) is 4.98 Å². The smallest absolute Gasteiger partial charge is 0.144 e. The van der Waals surface area contributed by atoms with E-state index in [1.165, 1.54) is 18.5 Å². The second-order valence-corrected chi connectivity index (χ2v) is 6.94. The van der Waals surface area contributed by atoms with Gasteiger partial charge in [-0.3, -0.25) is 0 Å². The van der Waals surface area contributed by atoms with Gasteiger partial charge >= 0.3 is 0 Å². The molecule has 0 aromatic carbocycles. The average Bonchev–Trinajstić information content (AvgIpc) is 3.14. The van der Waals surface area contributed by atoms with Crippen LogP contribution in [-0.2, 0) is 5.75 Å². The number of hydrogen-bond donors (Lipinski definition) is 1. The fourth-order valence-electron chi connectivity index (χ4n) is 1.76. The number of thioether (sulfide) groups is 1. The van der Waals surface area contributed by atoms with Crippen molar-refractivity contribution in [3.8, 4) is 0 Å². The number of anilines is 1. The third kappa shape index (κ3) is 3.60. The molecule has 0 aliphatic heterocycles. The van der Waals surface area contributed by atoms with Crippen molar-refractivity contribution in [1.29, 1.82) is 0 Å². The van der Waals surface area contributed by atoms with Crippen molar-refractivity contribution in [1.82, 2.24) is 9.97 Å². The van der Waals surface area contributed by atoms with E-state index < -0.39 is 0 Å². The minimum atomic E-state index is 0.642. The lowest BCUT2D eigenvalue weighted by Gasteiger charge is -2.11. The van der Waals surface area contributed by atoms with E-state index in [0.717, 1.165) is 33.5 Å². The Morgan fingerprint density at radius 1 is 1.39 bits per heavy atom. The average molecular weight is 330 g/mol. The third-order valence-corrected chi connectivity index (χ3v) is 4.95. The Bertz CT molecular complexity index is 419. The van der Waals surface area contributed by atoms with Gasteiger partial charge in [0, 0.05) is 13.0 Å². The lowest BCUT2D eigenvalue weighted by Crippen LogP contribution is -2.05. The SMILES string of the molecule is CNc1nc(CSCC(C)C)nc(C2CC2)c1Br. The highest BCUT2D eigenvalue weighted by molar-refractivity contribution is 9.10. The maximum absolute atomic E-state index is 4.72. The van der Waals surface area contributed by atoms with Crippen molar-refractivity contribution in [2.75, 3.05) is 18.1 Å². The van der Waals surface area contributed by atoms with E-state index >= 15 is 0 Å². The molecular formula is C13H20BrN3S. The minimum absolute atomic E-state index is 0.642. The maximum atomic E-state index is 4.72. The molecule has 2 rings (SSSR count). The van der Waals surface area contributed by atoms with Crippen LogP contribution in [0.2, 0.25) is 0 Å². The standard InChI is InChI=1S/C13H20BrN3S/c1-8(2)6-18-7-10-16-12(9-4-5-9)11(14)13(15-3)17-10/h8-9H,4-7H2,1-3H3,(H,15,16,17). The molecule has 0 saturated heterocycles. The highest BCUT2D eigenvalue weighted by Gasteiger charge is 2.29. The van der Waals surface area contributed by atoms with Crippen molar-refractivity contribution in [2.45, 2.75) is 38.4 Å². The van der Waals surface area contributed by atoms with Crippen LogP contribution in [0.5, 0.6) is 0 Å². The van der Waals surface area contributed by atoms with E-state index in [1.807, 2.05) is 18.8 Å². The Hall–Kier alpha value is -0.290. The molecule has 3 nitrogen and oxygen atoms in total. The molecule has 0 amide bonds. The number of aromatic nitrogens is 2. The maximum Gasteiger partial charge on any atom is 0.144 e. The molecule has 1 aliphatic rings. The van der Waals surface area contributed by atoms with Crippen LogP contribution in [0.25, 0.3) is 0 Å². The van der Waals surface area contributed by atoms with Crippen LogP contribution in [0.4, 0.5) is 5.82 Å². The van der Waals surface area contributed by atoms with E-state index in [1.54, 1.807) is 0 Å². The van der Waals surface area contributed by atoms with Crippen LogP contribution in [0.3, 0.4) is 0 Å². The molecule has 0 atom stereocenters. The van der Waals surface area contributed by atoms with Crippen molar-refractivity contribution in [3.63, 3.8) is 0 Å². The Morgan fingerprint density at radius 2 is 2.11 bits per heavy atom. The molecule has 1 fully saturated rings. The minimum Gasteiger partial charge on any atom is -0.372 e. The van der Waals surface area contributed by atoms with E-state index in [2.05, 4.69) is 40.1 Å². The molecule has 100 valence electrons. The lowest BCUT2D eigenvalue weighted by atomic mass is 10.2. The van der Waals surface area contributed by atoms with Gasteiger partial charge in [-0.15, -0.1) is 0 Å². The highest BCUT2D eigenvalue weighted by Crippen LogP contribution is 2.43. The molecule has 0 unspecified atom stereocenters. The van der Waals surface area contributed by atoms with Crippen molar-refractivity contribution in [3.05, 3.63) is 16.0 Å². The molecule has 18 heavy (non-hydrogen) atoms. The number of rotatable bonds is 6. The van der Waals surface area contributed by atoms with Gasteiger partial charge < -0.3 is 5.32 Å². The summed E-state index contributed by atoms with van der Waals surface area (Å²) in [5.41, 5.74) is 1.19. The zero-order valence-corrected chi connectivity index (χ0v) is 13.6. The van der Waals surface area contributed by atoms with E-state index in [9.17, 15) is 0 Å². The van der Waals surface area contributed by atoms with Gasteiger partial charge in [-0.25, -0.2) is 9.97 Å². The largest absolute Gasteiger partial charge is 0.372 e. The third-order valence-electron chi connectivity index (χ3n) is 2.81. The van der Waals surface area contributed by atoms with Crippen LogP contribution in [0, 0.1) is 5.92 Å². The van der Waals surface area contributed by atoms with Crippen LogP contribution in [0.1, 0.15) is 44.1 Å². The monoisotopic (exact) mass is 329 g/mol. The van der Waals surface area contributed by atoms with E-state index in [0.29, 0.717) is 5.92 Å². The van der Waals surface area contributed by atoms with Crippen LogP contribution < -0.4 is 5.32 Å². The Morgan fingerprint density at radius 3 is 2.67 bits per heavy atom.